The molecule has 29 heavy (non-hydrogen) atoms. The van der Waals surface area contributed by atoms with E-state index < -0.39 is 38.0 Å². The zero-order chi connectivity index (χ0) is 21.6. The van der Waals surface area contributed by atoms with Crippen LogP contribution in [-0.4, -0.2) is 49.7 Å². The molecule has 1 aromatic carbocycles. The van der Waals surface area contributed by atoms with Crippen molar-refractivity contribution >= 4 is 32.0 Å². The Kier molecular flexibility index (Phi) is 7.55. The van der Waals surface area contributed by atoms with Gasteiger partial charge in [0.05, 0.1) is 6.61 Å². The maximum atomic E-state index is 12.6. The number of aryl methyl sites for hydroxylation is 1. The van der Waals surface area contributed by atoms with Gasteiger partial charge in [-0.25, -0.2) is 9.59 Å². The average molecular weight is 421 g/mol. The van der Waals surface area contributed by atoms with Gasteiger partial charge in [-0.15, -0.1) is 5.06 Å². The molecule has 1 aliphatic heterocycles. The minimum absolute atomic E-state index is 0.000816. The fourth-order valence-corrected chi connectivity index (χ4v) is 3.43. The van der Waals surface area contributed by atoms with E-state index in [9.17, 15) is 19.2 Å². The molecule has 1 fully saturated rings. The first kappa shape index (κ1) is 22.6. The second-order valence-electron chi connectivity index (χ2n) is 8.33. The molecule has 1 aliphatic rings. The number of rotatable bonds is 8. The van der Waals surface area contributed by atoms with Crippen molar-refractivity contribution in [3.63, 3.8) is 0 Å². The lowest BCUT2D eigenvalue weighted by molar-refractivity contribution is -0.198. The van der Waals surface area contributed by atoms with Crippen LogP contribution in [0.4, 0.5) is 4.79 Å². The van der Waals surface area contributed by atoms with Crippen LogP contribution in [0.1, 0.15) is 24.0 Å². The molecule has 0 spiro atoms. The number of alkyl carbamates (subject to hydrolysis) is 1. The van der Waals surface area contributed by atoms with Crippen LogP contribution < -0.4 is 5.32 Å². The average Bonchev–Trinajstić information content (AvgIpc) is 2.92. The molecule has 158 valence electrons. The molecular formula is C20H28N2O6Si. The molecule has 0 saturated carbocycles. The van der Waals surface area contributed by atoms with Crippen molar-refractivity contribution in [1.82, 2.24) is 10.4 Å². The molecule has 1 aromatic rings. The molecule has 0 unspecified atom stereocenters. The smallest absolute Gasteiger partial charge is 0.407 e. The molecule has 0 radical (unpaired) electrons. The van der Waals surface area contributed by atoms with E-state index >= 15 is 0 Å². The third kappa shape index (κ3) is 7.34. The van der Waals surface area contributed by atoms with E-state index in [1.54, 1.807) is 0 Å². The first-order chi connectivity index (χ1) is 13.5. The van der Waals surface area contributed by atoms with E-state index in [0.29, 0.717) is 5.06 Å². The van der Waals surface area contributed by atoms with Crippen molar-refractivity contribution < 1.29 is 28.8 Å². The summed E-state index contributed by atoms with van der Waals surface area (Å²) in [5.74, 6) is -2.04. The van der Waals surface area contributed by atoms with Crippen LogP contribution in [-0.2, 0) is 30.4 Å². The predicted octanol–water partition coefficient (Wildman–Crippen LogP) is 2.58. The lowest BCUT2D eigenvalue weighted by Crippen LogP contribution is -2.46. The van der Waals surface area contributed by atoms with Crippen molar-refractivity contribution in [3.8, 4) is 0 Å². The summed E-state index contributed by atoms with van der Waals surface area (Å²) in [6, 6.07) is 7.15. The SMILES string of the molecule is Cc1cccc(C[C@H](NC(=O)OCC[Si](C)(C)C)C(=O)ON2C(=O)CCC2=O)c1. The number of nitrogens with zero attached hydrogens (tertiary/aromatic N) is 1. The van der Waals surface area contributed by atoms with Gasteiger partial charge in [-0.3, -0.25) is 9.59 Å². The van der Waals surface area contributed by atoms with Gasteiger partial charge in [-0.05, 0) is 18.5 Å². The van der Waals surface area contributed by atoms with Crippen LogP contribution in [0, 0.1) is 6.92 Å². The second-order valence-corrected chi connectivity index (χ2v) is 14.0. The summed E-state index contributed by atoms with van der Waals surface area (Å²) in [5, 5.41) is 2.98. The number of hydrogen-bond donors (Lipinski definition) is 1. The monoisotopic (exact) mass is 420 g/mol. The van der Waals surface area contributed by atoms with E-state index in [0.717, 1.165) is 17.2 Å². The highest BCUT2D eigenvalue weighted by Crippen LogP contribution is 2.15. The van der Waals surface area contributed by atoms with E-state index in [2.05, 4.69) is 25.0 Å². The Labute approximate surface area is 171 Å². The minimum Gasteiger partial charge on any atom is -0.450 e. The van der Waals surface area contributed by atoms with Crippen molar-refractivity contribution in [2.45, 2.75) is 57.9 Å². The molecule has 0 aromatic heterocycles. The van der Waals surface area contributed by atoms with Crippen LogP contribution in [0.5, 0.6) is 0 Å². The quantitative estimate of drug-likeness (QED) is 0.512. The summed E-state index contributed by atoms with van der Waals surface area (Å²) in [4.78, 5) is 53.2. The maximum absolute atomic E-state index is 12.6. The standard InChI is InChI=1S/C20H28N2O6Si/c1-14-6-5-7-15(12-14)13-16(21-20(26)27-10-11-29(2,3)4)19(25)28-22-17(23)8-9-18(22)24/h5-7,12,16H,8-11,13H2,1-4H3,(H,21,26)/t16-/m0/s1. The summed E-state index contributed by atoms with van der Waals surface area (Å²) in [5.41, 5.74) is 1.80. The Morgan fingerprint density at radius 1 is 1.17 bits per heavy atom. The van der Waals surface area contributed by atoms with Gasteiger partial charge in [0.25, 0.3) is 11.8 Å². The normalized spacial score (nSPS) is 15.2. The Balaban J connectivity index is 2.05. The fourth-order valence-electron chi connectivity index (χ4n) is 2.71. The van der Waals surface area contributed by atoms with Crippen LogP contribution in [0.25, 0.3) is 0 Å². The van der Waals surface area contributed by atoms with Gasteiger partial charge in [-0.2, -0.15) is 0 Å². The fraction of sp³-hybridized carbons (Fsp3) is 0.500. The highest BCUT2D eigenvalue weighted by atomic mass is 28.3. The molecule has 0 bridgehead atoms. The van der Waals surface area contributed by atoms with Crippen molar-refractivity contribution in [1.29, 1.82) is 0 Å². The second kappa shape index (κ2) is 9.68. The van der Waals surface area contributed by atoms with E-state index in [4.69, 9.17) is 9.57 Å². The number of carbonyl (C=O) groups is 4. The van der Waals surface area contributed by atoms with Crippen LogP contribution in [0.3, 0.4) is 0 Å². The summed E-state index contributed by atoms with van der Waals surface area (Å²) in [6.07, 6.45) is -0.599. The van der Waals surface area contributed by atoms with Crippen LogP contribution in [0.15, 0.2) is 24.3 Å². The molecule has 1 heterocycles. The zero-order valence-electron chi connectivity index (χ0n) is 17.3. The number of imide groups is 1. The summed E-state index contributed by atoms with van der Waals surface area (Å²) in [6.45, 7) is 8.66. The molecule has 3 amide bonds. The third-order valence-corrected chi connectivity index (χ3v) is 6.08. The Hall–Kier alpha value is -2.68. The predicted molar refractivity (Wildman–Crippen MR) is 108 cm³/mol. The van der Waals surface area contributed by atoms with E-state index in [-0.39, 0.29) is 25.9 Å². The number of amides is 3. The number of nitrogens with one attached hydrogen (secondary N) is 1. The number of carbonyl (C=O) groups excluding carboxylic acids is 4. The lowest BCUT2D eigenvalue weighted by atomic mass is 10.0. The number of ether oxygens (including phenoxy) is 1. The largest absolute Gasteiger partial charge is 0.450 e. The van der Waals surface area contributed by atoms with Crippen LogP contribution in [0.2, 0.25) is 25.7 Å². The molecular weight excluding hydrogens is 392 g/mol. The summed E-state index contributed by atoms with van der Waals surface area (Å²) >= 11 is 0. The van der Waals surface area contributed by atoms with Crippen molar-refractivity contribution in [2.75, 3.05) is 6.61 Å². The summed E-state index contributed by atoms with van der Waals surface area (Å²) in [7, 11) is -1.37. The minimum atomic E-state index is -1.37. The first-order valence-corrected chi connectivity index (χ1v) is 13.3. The molecule has 1 saturated heterocycles. The highest BCUT2D eigenvalue weighted by Gasteiger charge is 2.35. The molecule has 8 nitrogen and oxygen atoms in total. The van der Waals surface area contributed by atoms with Gasteiger partial charge in [0.2, 0.25) is 0 Å². The zero-order valence-corrected chi connectivity index (χ0v) is 18.3. The summed E-state index contributed by atoms with van der Waals surface area (Å²) < 4.78 is 5.20. The van der Waals surface area contributed by atoms with Crippen LogP contribution >= 0.6 is 0 Å². The van der Waals surface area contributed by atoms with Gasteiger partial charge in [-0.1, -0.05) is 49.5 Å². The van der Waals surface area contributed by atoms with Gasteiger partial charge >= 0.3 is 12.1 Å². The molecule has 1 atom stereocenters. The first-order valence-electron chi connectivity index (χ1n) is 9.61. The van der Waals surface area contributed by atoms with E-state index in [1.165, 1.54) is 0 Å². The maximum Gasteiger partial charge on any atom is 0.407 e. The molecule has 1 N–H and O–H groups in total. The molecule has 0 aliphatic carbocycles. The van der Waals surface area contributed by atoms with Gasteiger partial charge in [0.1, 0.15) is 6.04 Å². The lowest BCUT2D eigenvalue weighted by Gasteiger charge is -2.21. The highest BCUT2D eigenvalue weighted by molar-refractivity contribution is 6.76. The topological polar surface area (TPSA) is 102 Å². The number of hydrogen-bond acceptors (Lipinski definition) is 6. The molecule has 9 heteroatoms. The van der Waals surface area contributed by atoms with Crippen molar-refractivity contribution in [3.05, 3.63) is 35.4 Å². The molecule has 2 rings (SSSR count). The van der Waals surface area contributed by atoms with Gasteiger partial charge in [0.15, 0.2) is 0 Å². The van der Waals surface area contributed by atoms with Gasteiger partial charge in [0, 0.05) is 27.3 Å². The van der Waals surface area contributed by atoms with Crippen molar-refractivity contribution in [2.24, 2.45) is 0 Å². The number of benzene rings is 1. The Morgan fingerprint density at radius 2 is 1.83 bits per heavy atom. The van der Waals surface area contributed by atoms with E-state index in [1.807, 2.05) is 31.2 Å². The third-order valence-electron chi connectivity index (χ3n) is 4.37. The Bertz CT molecular complexity index is 773. The number of hydroxylamine groups is 2. The van der Waals surface area contributed by atoms with Gasteiger partial charge < -0.3 is 14.9 Å². The Morgan fingerprint density at radius 3 is 2.41 bits per heavy atom.